The molecule has 2 saturated heterocycles. The summed E-state index contributed by atoms with van der Waals surface area (Å²) in [4.78, 5) is 33.2. The fraction of sp³-hybridized carbons (Fsp3) is 0.722. The van der Waals surface area contributed by atoms with Gasteiger partial charge in [0, 0.05) is 33.2 Å². The molecule has 0 aromatic carbocycles. The number of nitrogens with zero attached hydrogens (tertiary/aromatic N) is 5. The van der Waals surface area contributed by atoms with E-state index in [4.69, 9.17) is 35.6 Å². The minimum absolute atomic E-state index is 0.0911. The maximum absolute atomic E-state index is 10.9. The van der Waals surface area contributed by atoms with Gasteiger partial charge in [-0.2, -0.15) is 9.97 Å². The van der Waals surface area contributed by atoms with Gasteiger partial charge in [0.25, 0.3) is 0 Å². The Kier molecular flexibility index (Phi) is 7.33. The van der Waals surface area contributed by atoms with Crippen LogP contribution in [0.3, 0.4) is 0 Å². The molecule has 178 valence electrons. The first-order valence-corrected chi connectivity index (χ1v) is 12.5. The van der Waals surface area contributed by atoms with E-state index in [1.807, 2.05) is 0 Å². The number of methoxy groups -OCH3 is 1. The molecule has 2 aromatic rings. The van der Waals surface area contributed by atoms with E-state index in [1.54, 1.807) is 18.0 Å². The number of fused-ring (bicyclic) bond motifs is 1. The van der Waals surface area contributed by atoms with Crippen LogP contribution in [-0.4, -0.2) is 86.4 Å². The van der Waals surface area contributed by atoms with Crippen molar-refractivity contribution in [2.45, 2.75) is 37.7 Å². The zero-order chi connectivity index (χ0) is 22.9. The number of aliphatic hydroxyl groups excluding tert-OH is 1. The Morgan fingerprint density at radius 2 is 2.03 bits per heavy atom. The van der Waals surface area contributed by atoms with E-state index < -0.39 is 32.4 Å². The van der Waals surface area contributed by atoms with Crippen molar-refractivity contribution in [1.82, 2.24) is 19.5 Å². The van der Waals surface area contributed by atoms with Crippen molar-refractivity contribution in [1.29, 1.82) is 0 Å². The van der Waals surface area contributed by atoms with Gasteiger partial charge in [-0.05, 0) is 30.4 Å². The minimum Gasteiger partial charge on any atom is -0.390 e. The predicted molar refractivity (Wildman–Crippen MR) is 115 cm³/mol. The molecular formula is C18H27ClN5O7P. The fourth-order valence-electron chi connectivity index (χ4n) is 4.18. The van der Waals surface area contributed by atoms with E-state index in [9.17, 15) is 9.67 Å². The van der Waals surface area contributed by atoms with E-state index in [-0.39, 0.29) is 18.3 Å². The van der Waals surface area contributed by atoms with Gasteiger partial charge >= 0.3 is 7.60 Å². The average Bonchev–Trinajstić information content (AvgIpc) is 3.31. The molecule has 4 heterocycles. The number of anilines is 1. The van der Waals surface area contributed by atoms with Crippen LogP contribution in [0.2, 0.25) is 5.28 Å². The normalized spacial score (nSPS) is 25.2. The number of ether oxygens (including phenoxy) is 3. The summed E-state index contributed by atoms with van der Waals surface area (Å²) in [6.45, 7) is 2.21. The average molecular weight is 492 g/mol. The summed E-state index contributed by atoms with van der Waals surface area (Å²) < 4.78 is 28.8. The first-order chi connectivity index (χ1) is 15.2. The van der Waals surface area contributed by atoms with Crippen LogP contribution in [0, 0.1) is 5.92 Å². The monoisotopic (exact) mass is 491 g/mol. The highest BCUT2D eigenvalue weighted by molar-refractivity contribution is 7.51. The summed E-state index contributed by atoms with van der Waals surface area (Å²) in [5.74, 6) is 1.18. The maximum atomic E-state index is 10.9. The van der Waals surface area contributed by atoms with Gasteiger partial charge in [-0.15, -0.1) is 0 Å². The van der Waals surface area contributed by atoms with Crippen LogP contribution < -0.4 is 4.90 Å². The summed E-state index contributed by atoms with van der Waals surface area (Å²) in [6.07, 6.45) is 0.863. The lowest BCUT2D eigenvalue weighted by Crippen LogP contribution is -2.35. The Morgan fingerprint density at radius 3 is 2.72 bits per heavy atom. The molecule has 4 rings (SSSR count). The maximum Gasteiger partial charge on any atom is 0.350 e. The van der Waals surface area contributed by atoms with Crippen molar-refractivity contribution >= 4 is 36.2 Å². The first kappa shape index (κ1) is 23.8. The van der Waals surface area contributed by atoms with Crippen molar-refractivity contribution in [3.8, 4) is 0 Å². The van der Waals surface area contributed by atoms with E-state index in [2.05, 4.69) is 19.9 Å². The number of hydrogen-bond acceptors (Lipinski definition) is 9. The van der Waals surface area contributed by atoms with Crippen LogP contribution in [-0.2, 0) is 18.8 Å². The zero-order valence-electron chi connectivity index (χ0n) is 17.6. The molecular weight excluding hydrogens is 465 g/mol. The largest absolute Gasteiger partial charge is 0.390 e. The van der Waals surface area contributed by atoms with Crippen molar-refractivity contribution in [2.75, 3.05) is 44.7 Å². The molecule has 2 aliphatic heterocycles. The number of imidazole rings is 1. The number of halogens is 1. The minimum atomic E-state index is -4.29. The lowest BCUT2D eigenvalue weighted by Gasteiger charge is -2.32. The summed E-state index contributed by atoms with van der Waals surface area (Å²) in [7, 11) is -2.58. The van der Waals surface area contributed by atoms with Crippen molar-refractivity contribution in [3.05, 3.63) is 11.6 Å². The van der Waals surface area contributed by atoms with E-state index in [0.29, 0.717) is 22.9 Å². The third-order valence-corrected chi connectivity index (χ3v) is 6.44. The lowest BCUT2D eigenvalue weighted by atomic mass is 9.98. The summed E-state index contributed by atoms with van der Waals surface area (Å²) in [6, 6.07) is 0. The summed E-state index contributed by atoms with van der Waals surface area (Å²) in [5.41, 5.74) is 1.09. The van der Waals surface area contributed by atoms with Gasteiger partial charge < -0.3 is 34.0 Å². The highest BCUT2D eigenvalue weighted by Crippen LogP contribution is 2.36. The number of aliphatic hydroxyl groups is 1. The second kappa shape index (κ2) is 9.86. The molecule has 3 atom stereocenters. The number of rotatable bonds is 8. The van der Waals surface area contributed by atoms with Crippen LogP contribution in [0.4, 0.5) is 5.82 Å². The molecule has 0 amide bonds. The standard InChI is InChI=1S/C18H27ClN5O7P/c1-29-7-11-2-4-23(5-3-11)16-15-17(22-18(19)21-16)24(9-20-15)14-6-12(25)13(31-14)8-30-10-32(26,27)28/h9,11-14,25H,2-8,10H2,1H3,(H2,26,27,28)/t12-,13+,14?/m0/s1. The SMILES string of the molecule is COCC1CCN(c2nc(Cl)nc3c2ncn3C2C[C@H](O)[C@@H](COCP(=O)(O)O)O2)CC1. The second-order valence-corrected chi connectivity index (χ2v) is 10.0. The molecule has 0 bridgehead atoms. The predicted octanol–water partition coefficient (Wildman–Crippen LogP) is 1.14. The Balaban J connectivity index is 1.50. The molecule has 1 unspecified atom stereocenters. The molecule has 2 aromatic heterocycles. The molecule has 0 spiro atoms. The van der Waals surface area contributed by atoms with Crippen LogP contribution in [0.5, 0.6) is 0 Å². The first-order valence-electron chi connectivity index (χ1n) is 10.3. The molecule has 0 radical (unpaired) electrons. The third-order valence-electron chi connectivity index (χ3n) is 5.75. The molecule has 14 heteroatoms. The smallest absolute Gasteiger partial charge is 0.350 e. The topological polar surface area (TPSA) is 152 Å². The highest BCUT2D eigenvalue weighted by atomic mass is 35.5. The van der Waals surface area contributed by atoms with Gasteiger partial charge in [-0.25, -0.2) is 4.98 Å². The van der Waals surface area contributed by atoms with E-state index in [0.717, 1.165) is 32.5 Å². The second-order valence-electron chi connectivity index (χ2n) is 8.12. The quantitative estimate of drug-likeness (QED) is 0.360. The van der Waals surface area contributed by atoms with Gasteiger partial charge in [0.2, 0.25) is 5.28 Å². The Morgan fingerprint density at radius 1 is 1.28 bits per heavy atom. The summed E-state index contributed by atoms with van der Waals surface area (Å²) in [5, 5.41) is 10.4. The molecule has 32 heavy (non-hydrogen) atoms. The summed E-state index contributed by atoms with van der Waals surface area (Å²) >= 11 is 6.23. The highest BCUT2D eigenvalue weighted by Gasteiger charge is 2.37. The number of piperidine rings is 1. The van der Waals surface area contributed by atoms with Crippen LogP contribution >= 0.6 is 19.2 Å². The third kappa shape index (κ3) is 5.40. The Labute approximate surface area is 189 Å². The van der Waals surface area contributed by atoms with Gasteiger partial charge in [-0.3, -0.25) is 9.13 Å². The van der Waals surface area contributed by atoms with E-state index >= 15 is 0 Å². The molecule has 12 nitrogen and oxygen atoms in total. The van der Waals surface area contributed by atoms with Gasteiger partial charge in [-0.1, -0.05) is 0 Å². The Hall–Kier alpha value is -1.37. The fourth-order valence-corrected chi connectivity index (χ4v) is 4.68. The van der Waals surface area contributed by atoms with Crippen molar-refractivity contribution in [2.24, 2.45) is 5.92 Å². The number of hydrogen-bond donors (Lipinski definition) is 3. The van der Waals surface area contributed by atoms with Gasteiger partial charge in [0.05, 0.1) is 19.0 Å². The molecule has 2 fully saturated rings. The lowest BCUT2D eigenvalue weighted by molar-refractivity contribution is -0.0564. The van der Waals surface area contributed by atoms with Crippen molar-refractivity contribution in [3.63, 3.8) is 0 Å². The van der Waals surface area contributed by atoms with Gasteiger partial charge in [0.15, 0.2) is 17.0 Å². The van der Waals surface area contributed by atoms with Crippen LogP contribution in [0.1, 0.15) is 25.5 Å². The van der Waals surface area contributed by atoms with Crippen LogP contribution in [0.15, 0.2) is 6.33 Å². The Bertz CT molecular complexity index is 980. The zero-order valence-corrected chi connectivity index (χ0v) is 19.2. The molecule has 2 aliphatic rings. The molecule has 0 saturated carbocycles. The van der Waals surface area contributed by atoms with Crippen LogP contribution in [0.25, 0.3) is 11.2 Å². The molecule has 3 N–H and O–H groups in total. The van der Waals surface area contributed by atoms with Gasteiger partial charge in [0.1, 0.15) is 18.7 Å². The molecule has 0 aliphatic carbocycles. The van der Waals surface area contributed by atoms with Crippen molar-refractivity contribution < 1.29 is 33.7 Å². The van der Waals surface area contributed by atoms with E-state index in [1.165, 1.54) is 0 Å². The number of aromatic nitrogens is 4.